The molecule has 4 saturated carbocycles. The summed E-state index contributed by atoms with van der Waals surface area (Å²) in [6, 6.07) is 0.0865. The molecule has 24 heavy (non-hydrogen) atoms. The van der Waals surface area contributed by atoms with E-state index in [1.165, 1.54) is 32.1 Å². The van der Waals surface area contributed by atoms with Crippen LogP contribution < -0.4 is 5.32 Å². The largest absolute Gasteiger partial charge is 0.336 e. The molecule has 4 bridgehead atoms. The van der Waals surface area contributed by atoms with E-state index in [1.807, 2.05) is 19.4 Å². The Balaban J connectivity index is 1.42. The third kappa shape index (κ3) is 2.24. The number of imidazole rings is 1. The molecule has 1 amide bonds. The second-order valence-corrected chi connectivity index (χ2v) is 8.60. The summed E-state index contributed by atoms with van der Waals surface area (Å²) < 4.78 is 2.06. The molecule has 5 fully saturated rings. The van der Waals surface area contributed by atoms with Crippen LogP contribution in [0.1, 0.15) is 44.0 Å². The molecule has 0 spiro atoms. The van der Waals surface area contributed by atoms with Crippen molar-refractivity contribution in [3.63, 3.8) is 0 Å². The van der Waals surface area contributed by atoms with Gasteiger partial charge in [0.05, 0.1) is 0 Å². The Kier molecular flexibility index (Phi) is 3.47. The minimum absolute atomic E-state index is 0.0865. The lowest BCUT2D eigenvalue weighted by Crippen LogP contribution is -2.56. The van der Waals surface area contributed by atoms with Crippen molar-refractivity contribution in [2.75, 3.05) is 19.6 Å². The Labute approximate surface area is 143 Å². The Hall–Kier alpha value is -1.36. The van der Waals surface area contributed by atoms with Crippen LogP contribution in [0.3, 0.4) is 0 Å². The summed E-state index contributed by atoms with van der Waals surface area (Å²) in [4.78, 5) is 20.3. The quantitative estimate of drug-likeness (QED) is 0.903. The van der Waals surface area contributed by atoms with E-state index < -0.39 is 0 Å². The van der Waals surface area contributed by atoms with E-state index in [-0.39, 0.29) is 6.04 Å². The molecule has 5 heteroatoms. The highest BCUT2D eigenvalue weighted by Gasteiger charge is 2.52. The molecular weight excluding hydrogens is 300 g/mol. The number of nitrogens with one attached hydrogen (secondary N) is 1. The van der Waals surface area contributed by atoms with Gasteiger partial charge >= 0.3 is 0 Å². The second kappa shape index (κ2) is 5.58. The van der Waals surface area contributed by atoms with Gasteiger partial charge in [0, 0.05) is 45.0 Å². The van der Waals surface area contributed by atoms with Gasteiger partial charge in [-0.1, -0.05) is 0 Å². The van der Waals surface area contributed by atoms with Crippen LogP contribution in [-0.2, 0) is 11.8 Å². The SMILES string of the molecule is Cn1ccnc1C1CNCCN1C(=O)C1C2CC3CC(C2)CC1C3. The van der Waals surface area contributed by atoms with Crippen molar-refractivity contribution in [1.29, 1.82) is 0 Å². The fraction of sp³-hybridized carbons (Fsp3) is 0.789. The number of rotatable bonds is 2. The monoisotopic (exact) mass is 328 g/mol. The minimum atomic E-state index is 0.0865. The molecule has 1 aromatic rings. The molecule has 1 aliphatic heterocycles. The van der Waals surface area contributed by atoms with E-state index in [9.17, 15) is 4.79 Å². The predicted molar refractivity (Wildman–Crippen MR) is 91.1 cm³/mol. The van der Waals surface area contributed by atoms with Gasteiger partial charge in [-0.2, -0.15) is 0 Å². The maximum absolute atomic E-state index is 13.6. The van der Waals surface area contributed by atoms with Crippen molar-refractivity contribution in [3.05, 3.63) is 18.2 Å². The first-order valence-corrected chi connectivity index (χ1v) is 9.69. The van der Waals surface area contributed by atoms with E-state index in [2.05, 4.69) is 19.8 Å². The van der Waals surface area contributed by atoms with Crippen molar-refractivity contribution in [3.8, 4) is 0 Å². The van der Waals surface area contributed by atoms with Crippen LogP contribution in [-0.4, -0.2) is 40.0 Å². The predicted octanol–water partition coefficient (Wildman–Crippen LogP) is 1.97. The second-order valence-electron chi connectivity index (χ2n) is 8.60. The van der Waals surface area contributed by atoms with Gasteiger partial charge in [-0.15, -0.1) is 0 Å². The van der Waals surface area contributed by atoms with Gasteiger partial charge in [-0.05, 0) is 55.8 Å². The summed E-state index contributed by atoms with van der Waals surface area (Å²) in [6.45, 7) is 2.54. The fourth-order valence-electron chi connectivity index (χ4n) is 6.42. The maximum atomic E-state index is 13.6. The van der Waals surface area contributed by atoms with Crippen molar-refractivity contribution in [2.24, 2.45) is 36.6 Å². The highest BCUT2D eigenvalue weighted by atomic mass is 16.2. The molecule has 1 aromatic heterocycles. The number of hydrogen-bond donors (Lipinski definition) is 1. The minimum Gasteiger partial charge on any atom is -0.336 e. The summed E-state index contributed by atoms with van der Waals surface area (Å²) in [5.74, 6) is 4.89. The first-order valence-electron chi connectivity index (χ1n) is 9.69. The van der Waals surface area contributed by atoms with E-state index in [4.69, 9.17) is 0 Å². The van der Waals surface area contributed by atoms with Crippen LogP contribution in [0.15, 0.2) is 12.4 Å². The van der Waals surface area contributed by atoms with Crippen molar-refractivity contribution in [1.82, 2.24) is 19.8 Å². The molecule has 1 atom stereocenters. The highest BCUT2D eigenvalue weighted by Crippen LogP contribution is 2.57. The standard InChI is InChI=1S/C19H28N4O/c1-22-4-3-21-18(22)16-11-20-2-5-23(16)19(24)17-14-7-12-6-13(9-14)10-15(17)8-12/h3-4,12-17,20H,2,5-11H2,1H3. The third-order valence-corrected chi connectivity index (χ3v) is 7.19. The first-order chi connectivity index (χ1) is 11.7. The number of carbonyl (C=O) groups excluding carboxylic acids is 1. The molecular formula is C19H28N4O. The van der Waals surface area contributed by atoms with Crippen molar-refractivity contribution in [2.45, 2.75) is 38.1 Å². The van der Waals surface area contributed by atoms with Crippen LogP contribution in [0.2, 0.25) is 0 Å². The summed E-state index contributed by atoms with van der Waals surface area (Å²) in [7, 11) is 2.03. The Morgan fingerprint density at radius 1 is 1.17 bits per heavy atom. The molecule has 2 heterocycles. The van der Waals surface area contributed by atoms with Crippen LogP contribution >= 0.6 is 0 Å². The molecule has 130 valence electrons. The number of piperazine rings is 1. The average Bonchev–Trinajstić information content (AvgIpc) is 2.99. The number of carbonyl (C=O) groups is 1. The summed E-state index contributed by atoms with van der Waals surface area (Å²) in [5.41, 5.74) is 0. The molecule has 1 N–H and O–H groups in total. The van der Waals surface area contributed by atoms with Gasteiger partial charge in [0.2, 0.25) is 5.91 Å². The van der Waals surface area contributed by atoms with Gasteiger partial charge < -0.3 is 14.8 Å². The fourth-order valence-corrected chi connectivity index (χ4v) is 6.42. The normalized spacial score (nSPS) is 41.0. The molecule has 4 aliphatic carbocycles. The van der Waals surface area contributed by atoms with E-state index in [0.717, 1.165) is 37.3 Å². The van der Waals surface area contributed by atoms with Crippen molar-refractivity contribution < 1.29 is 4.79 Å². The highest BCUT2D eigenvalue weighted by molar-refractivity contribution is 5.80. The Bertz CT molecular complexity index is 611. The molecule has 0 aromatic carbocycles. The summed E-state index contributed by atoms with van der Waals surface area (Å²) >= 11 is 0. The zero-order valence-electron chi connectivity index (χ0n) is 14.5. The summed E-state index contributed by atoms with van der Waals surface area (Å²) in [5, 5.41) is 3.46. The Morgan fingerprint density at radius 3 is 2.50 bits per heavy atom. The van der Waals surface area contributed by atoms with Crippen LogP contribution in [0.5, 0.6) is 0 Å². The van der Waals surface area contributed by atoms with Gasteiger partial charge in [0.25, 0.3) is 0 Å². The zero-order chi connectivity index (χ0) is 16.3. The Morgan fingerprint density at radius 2 is 1.88 bits per heavy atom. The number of amides is 1. The smallest absolute Gasteiger partial charge is 0.226 e. The maximum Gasteiger partial charge on any atom is 0.226 e. The van der Waals surface area contributed by atoms with E-state index in [0.29, 0.717) is 23.7 Å². The molecule has 1 saturated heterocycles. The van der Waals surface area contributed by atoms with E-state index >= 15 is 0 Å². The van der Waals surface area contributed by atoms with Gasteiger partial charge in [0.15, 0.2) is 0 Å². The number of hydrogen-bond acceptors (Lipinski definition) is 3. The van der Waals surface area contributed by atoms with Gasteiger partial charge in [-0.3, -0.25) is 4.79 Å². The number of nitrogens with zero attached hydrogens (tertiary/aromatic N) is 3. The van der Waals surface area contributed by atoms with E-state index in [1.54, 1.807) is 0 Å². The third-order valence-electron chi connectivity index (χ3n) is 7.19. The molecule has 0 radical (unpaired) electrons. The lowest BCUT2D eigenvalue weighted by Gasteiger charge is -2.55. The number of aryl methyl sites for hydroxylation is 1. The van der Waals surface area contributed by atoms with Crippen LogP contribution in [0.4, 0.5) is 0 Å². The van der Waals surface area contributed by atoms with Gasteiger partial charge in [-0.25, -0.2) is 4.98 Å². The lowest BCUT2D eigenvalue weighted by atomic mass is 9.51. The first kappa shape index (κ1) is 14.9. The van der Waals surface area contributed by atoms with Crippen LogP contribution in [0, 0.1) is 29.6 Å². The topological polar surface area (TPSA) is 50.2 Å². The molecule has 6 rings (SSSR count). The zero-order valence-corrected chi connectivity index (χ0v) is 14.5. The molecule has 5 nitrogen and oxygen atoms in total. The number of aromatic nitrogens is 2. The lowest BCUT2D eigenvalue weighted by molar-refractivity contribution is -0.152. The molecule has 5 aliphatic rings. The van der Waals surface area contributed by atoms with Crippen molar-refractivity contribution >= 4 is 5.91 Å². The molecule has 1 unspecified atom stereocenters. The van der Waals surface area contributed by atoms with Gasteiger partial charge in [0.1, 0.15) is 11.9 Å². The summed E-state index contributed by atoms with van der Waals surface area (Å²) in [6.07, 6.45) is 10.5. The average molecular weight is 328 g/mol. The van der Waals surface area contributed by atoms with Crippen LogP contribution in [0.25, 0.3) is 0 Å².